The molecule has 18 heavy (non-hydrogen) atoms. The molecule has 0 spiro atoms. The van der Waals surface area contributed by atoms with E-state index < -0.39 is 12.0 Å². The van der Waals surface area contributed by atoms with E-state index in [1.807, 2.05) is 13.8 Å². The van der Waals surface area contributed by atoms with Gasteiger partial charge in [-0.25, -0.2) is 4.79 Å². The Bertz CT molecular complexity index is 292. The van der Waals surface area contributed by atoms with Crippen molar-refractivity contribution >= 4 is 11.9 Å². The minimum absolute atomic E-state index is 0.0634. The van der Waals surface area contributed by atoms with Crippen LogP contribution in [0.4, 0.5) is 0 Å². The Morgan fingerprint density at radius 3 is 2.83 bits per heavy atom. The molecule has 0 aromatic rings. The Balaban J connectivity index is 2.36. The van der Waals surface area contributed by atoms with Crippen molar-refractivity contribution in [2.24, 2.45) is 5.92 Å². The minimum Gasteiger partial charge on any atom is -0.480 e. The summed E-state index contributed by atoms with van der Waals surface area (Å²) < 4.78 is 10.4. The van der Waals surface area contributed by atoms with Crippen molar-refractivity contribution in [1.29, 1.82) is 0 Å². The second kappa shape index (κ2) is 7.33. The summed E-state index contributed by atoms with van der Waals surface area (Å²) in [6.07, 6.45) is 0.219. The lowest BCUT2D eigenvalue weighted by molar-refractivity contribution is -0.158. The molecule has 1 aliphatic heterocycles. The lowest BCUT2D eigenvalue weighted by atomic mass is 10.2. The molecule has 6 nitrogen and oxygen atoms in total. The number of morpholine rings is 1. The largest absolute Gasteiger partial charge is 0.480 e. The van der Waals surface area contributed by atoms with Crippen LogP contribution in [0, 0.1) is 5.92 Å². The Kier molecular flexibility index (Phi) is 6.07. The van der Waals surface area contributed by atoms with Crippen LogP contribution in [-0.2, 0) is 19.1 Å². The van der Waals surface area contributed by atoms with Crippen LogP contribution in [0.25, 0.3) is 0 Å². The van der Waals surface area contributed by atoms with Gasteiger partial charge in [-0.1, -0.05) is 13.8 Å². The van der Waals surface area contributed by atoms with Crippen molar-refractivity contribution < 1.29 is 24.2 Å². The third-order valence-electron chi connectivity index (χ3n) is 2.65. The molecule has 0 aromatic carbocycles. The topological polar surface area (TPSA) is 76.1 Å². The maximum absolute atomic E-state index is 11.9. The molecule has 0 aromatic heterocycles. The number of ether oxygens (including phenoxy) is 2. The maximum Gasteiger partial charge on any atom is 0.328 e. The fraction of sp³-hybridized carbons (Fsp3) is 0.833. The number of carbonyl (C=O) groups excluding carboxylic acids is 1. The highest BCUT2D eigenvalue weighted by Crippen LogP contribution is 2.09. The van der Waals surface area contributed by atoms with Gasteiger partial charge < -0.3 is 19.5 Å². The highest BCUT2D eigenvalue weighted by Gasteiger charge is 2.32. The number of hydrogen-bond donors (Lipinski definition) is 1. The molecule has 1 N–H and O–H groups in total. The minimum atomic E-state index is -1.02. The normalized spacial score (nSPS) is 20.2. The molecular formula is C12H21NO5. The second-order valence-electron chi connectivity index (χ2n) is 4.73. The highest BCUT2D eigenvalue weighted by molar-refractivity contribution is 5.84. The van der Waals surface area contributed by atoms with Crippen LogP contribution in [0.15, 0.2) is 0 Å². The number of carbonyl (C=O) groups is 2. The van der Waals surface area contributed by atoms with Crippen molar-refractivity contribution in [3.05, 3.63) is 0 Å². The summed E-state index contributed by atoms with van der Waals surface area (Å²) >= 11 is 0. The van der Waals surface area contributed by atoms with Gasteiger partial charge in [-0.2, -0.15) is 0 Å². The molecule has 1 amide bonds. The Hall–Kier alpha value is -1.14. The van der Waals surface area contributed by atoms with Gasteiger partial charge >= 0.3 is 5.97 Å². The first-order valence-corrected chi connectivity index (χ1v) is 6.20. The number of carboxylic acid groups (broad SMARTS) is 1. The van der Waals surface area contributed by atoms with Crippen molar-refractivity contribution in [1.82, 2.24) is 4.90 Å². The van der Waals surface area contributed by atoms with Gasteiger partial charge in [0, 0.05) is 13.2 Å². The van der Waals surface area contributed by atoms with E-state index in [0.717, 1.165) is 0 Å². The third kappa shape index (κ3) is 4.62. The smallest absolute Gasteiger partial charge is 0.328 e. The molecule has 104 valence electrons. The van der Waals surface area contributed by atoms with E-state index in [-0.39, 0.29) is 18.9 Å². The van der Waals surface area contributed by atoms with Crippen LogP contribution in [0.3, 0.4) is 0 Å². The van der Waals surface area contributed by atoms with Gasteiger partial charge in [0.2, 0.25) is 5.91 Å². The van der Waals surface area contributed by atoms with Crippen LogP contribution < -0.4 is 0 Å². The van der Waals surface area contributed by atoms with E-state index in [0.29, 0.717) is 32.3 Å². The summed E-state index contributed by atoms with van der Waals surface area (Å²) in [6, 6.07) is -0.864. The van der Waals surface area contributed by atoms with Gasteiger partial charge in [-0.3, -0.25) is 4.79 Å². The van der Waals surface area contributed by atoms with Crippen molar-refractivity contribution in [3.8, 4) is 0 Å². The zero-order valence-corrected chi connectivity index (χ0v) is 10.9. The van der Waals surface area contributed by atoms with Crippen LogP contribution in [-0.4, -0.2) is 60.9 Å². The average Bonchev–Trinajstić information content (AvgIpc) is 2.34. The molecule has 1 fully saturated rings. The van der Waals surface area contributed by atoms with Crippen LogP contribution in [0.5, 0.6) is 0 Å². The summed E-state index contributed by atoms with van der Waals surface area (Å²) in [6.45, 7) is 5.80. The number of hydrogen-bond acceptors (Lipinski definition) is 4. The molecule has 0 aliphatic carbocycles. The summed E-state index contributed by atoms with van der Waals surface area (Å²) in [5.74, 6) is -0.782. The molecule has 1 rings (SSSR count). The lowest BCUT2D eigenvalue weighted by Gasteiger charge is -2.32. The zero-order chi connectivity index (χ0) is 13.5. The molecule has 1 aliphatic rings. The number of rotatable bonds is 6. The quantitative estimate of drug-likeness (QED) is 0.697. The van der Waals surface area contributed by atoms with Gasteiger partial charge in [0.15, 0.2) is 6.04 Å². The van der Waals surface area contributed by atoms with E-state index in [4.69, 9.17) is 14.6 Å². The monoisotopic (exact) mass is 259 g/mol. The number of amides is 1. The van der Waals surface area contributed by atoms with Crippen molar-refractivity contribution in [2.45, 2.75) is 26.3 Å². The van der Waals surface area contributed by atoms with Crippen molar-refractivity contribution in [3.63, 3.8) is 0 Å². The van der Waals surface area contributed by atoms with Gasteiger partial charge in [-0.05, 0) is 5.92 Å². The molecule has 0 bridgehead atoms. The second-order valence-corrected chi connectivity index (χ2v) is 4.73. The molecule has 0 radical (unpaired) electrons. The summed E-state index contributed by atoms with van der Waals surface area (Å²) in [4.78, 5) is 24.2. The average molecular weight is 259 g/mol. The van der Waals surface area contributed by atoms with Crippen LogP contribution in [0.2, 0.25) is 0 Å². The van der Waals surface area contributed by atoms with E-state index >= 15 is 0 Å². The first-order chi connectivity index (χ1) is 8.52. The Morgan fingerprint density at radius 1 is 1.50 bits per heavy atom. The van der Waals surface area contributed by atoms with E-state index in [2.05, 4.69) is 0 Å². The van der Waals surface area contributed by atoms with E-state index in [1.165, 1.54) is 4.90 Å². The molecule has 6 heteroatoms. The number of carboxylic acids is 1. The summed E-state index contributed by atoms with van der Waals surface area (Å²) in [5, 5.41) is 9.00. The zero-order valence-electron chi connectivity index (χ0n) is 10.9. The molecule has 0 unspecified atom stereocenters. The van der Waals surface area contributed by atoms with Crippen molar-refractivity contribution in [2.75, 3.05) is 33.0 Å². The molecule has 0 saturated carbocycles. The van der Waals surface area contributed by atoms with E-state index in [9.17, 15) is 9.59 Å². The maximum atomic E-state index is 11.9. The fourth-order valence-corrected chi connectivity index (χ4v) is 1.73. The van der Waals surface area contributed by atoms with Crippen LogP contribution in [0.1, 0.15) is 20.3 Å². The fourth-order valence-electron chi connectivity index (χ4n) is 1.73. The lowest BCUT2D eigenvalue weighted by Crippen LogP contribution is -2.52. The summed E-state index contributed by atoms with van der Waals surface area (Å²) in [5.41, 5.74) is 0. The molecule has 1 saturated heterocycles. The molecule has 1 atom stereocenters. The predicted molar refractivity (Wildman–Crippen MR) is 64.2 cm³/mol. The number of nitrogens with zero attached hydrogens (tertiary/aromatic N) is 1. The third-order valence-corrected chi connectivity index (χ3v) is 2.65. The van der Waals surface area contributed by atoms with Crippen LogP contribution >= 0.6 is 0 Å². The highest BCUT2D eigenvalue weighted by atomic mass is 16.5. The standard InChI is InChI=1S/C12H21NO5/c1-9(2)7-17-5-3-11(14)13-4-6-18-8-10(13)12(15)16/h9-10H,3-8H2,1-2H3,(H,15,16)/t10-/m1/s1. The summed E-state index contributed by atoms with van der Waals surface area (Å²) in [7, 11) is 0. The SMILES string of the molecule is CC(C)COCCC(=O)N1CCOC[C@@H]1C(=O)O. The molecular weight excluding hydrogens is 238 g/mol. The Labute approximate surface area is 107 Å². The van der Waals surface area contributed by atoms with Gasteiger partial charge in [0.1, 0.15) is 0 Å². The van der Waals surface area contributed by atoms with Gasteiger partial charge in [0.25, 0.3) is 0 Å². The van der Waals surface area contributed by atoms with Gasteiger partial charge in [0.05, 0.1) is 26.2 Å². The van der Waals surface area contributed by atoms with E-state index in [1.54, 1.807) is 0 Å². The Morgan fingerprint density at radius 2 is 2.22 bits per heavy atom. The first kappa shape index (κ1) is 14.9. The molecule has 1 heterocycles. The van der Waals surface area contributed by atoms with Gasteiger partial charge in [-0.15, -0.1) is 0 Å². The first-order valence-electron chi connectivity index (χ1n) is 6.20. The number of aliphatic carboxylic acids is 1. The predicted octanol–water partition coefficient (Wildman–Crippen LogP) is 0.361.